The number of benzene rings is 3. The van der Waals surface area contributed by atoms with E-state index in [-0.39, 0.29) is 4.90 Å². The van der Waals surface area contributed by atoms with E-state index in [2.05, 4.69) is 29.1 Å². The van der Waals surface area contributed by atoms with Crippen LogP contribution in [0.15, 0.2) is 82.8 Å². The highest BCUT2D eigenvalue weighted by molar-refractivity contribution is 7.92. The number of nitrogens with zero attached hydrogens (tertiary/aromatic N) is 1. The second-order valence-corrected chi connectivity index (χ2v) is 9.65. The standard InChI is InChI=1S/C25H29N3O3S/c1-19(2)16-17-31-24-12-6-21(7-13-24)18-26-27-22-8-10-23(11-9-22)28-32(29,30)25-14-4-20(3)5-15-25/h4-15,18-19,27-28H,16-17H2,1-3H3/b26-18-. The molecule has 3 aromatic rings. The second kappa shape index (κ2) is 10.8. The molecule has 0 amide bonds. The Kier molecular flexibility index (Phi) is 7.89. The SMILES string of the molecule is Cc1ccc(S(=O)(=O)Nc2ccc(N/N=C\c3ccc(OCCC(C)C)cc3)cc2)cc1. The van der Waals surface area contributed by atoms with Crippen molar-refractivity contribution in [3.63, 3.8) is 0 Å². The zero-order valence-corrected chi connectivity index (χ0v) is 19.4. The Hall–Kier alpha value is -3.32. The lowest BCUT2D eigenvalue weighted by molar-refractivity contribution is 0.289. The number of sulfonamides is 1. The van der Waals surface area contributed by atoms with Crippen molar-refractivity contribution in [1.29, 1.82) is 0 Å². The lowest BCUT2D eigenvalue weighted by Crippen LogP contribution is -2.12. The molecule has 0 bridgehead atoms. The molecule has 0 aliphatic carbocycles. The van der Waals surface area contributed by atoms with Crippen molar-refractivity contribution < 1.29 is 13.2 Å². The van der Waals surface area contributed by atoms with E-state index in [0.29, 0.717) is 18.2 Å². The van der Waals surface area contributed by atoms with E-state index in [1.165, 1.54) is 0 Å². The summed E-state index contributed by atoms with van der Waals surface area (Å²) in [5.74, 6) is 1.47. The first-order valence-corrected chi connectivity index (χ1v) is 12.0. The Morgan fingerprint density at radius 1 is 0.906 bits per heavy atom. The summed E-state index contributed by atoms with van der Waals surface area (Å²) in [5.41, 5.74) is 6.11. The molecule has 0 radical (unpaired) electrons. The molecule has 6 nitrogen and oxygen atoms in total. The summed E-state index contributed by atoms with van der Waals surface area (Å²) >= 11 is 0. The third-order valence-corrected chi connectivity index (χ3v) is 6.12. The van der Waals surface area contributed by atoms with Gasteiger partial charge in [-0.15, -0.1) is 0 Å². The van der Waals surface area contributed by atoms with Crippen LogP contribution in [0.3, 0.4) is 0 Å². The summed E-state index contributed by atoms with van der Waals surface area (Å²) in [6, 6.07) is 21.4. The Morgan fingerprint density at radius 3 is 2.16 bits per heavy atom. The summed E-state index contributed by atoms with van der Waals surface area (Å²) in [7, 11) is -3.62. The van der Waals surface area contributed by atoms with Crippen LogP contribution in [-0.4, -0.2) is 21.2 Å². The smallest absolute Gasteiger partial charge is 0.261 e. The van der Waals surface area contributed by atoms with E-state index in [1.54, 1.807) is 54.7 Å². The Balaban J connectivity index is 1.52. The fraction of sp³-hybridized carbons (Fsp3) is 0.240. The highest BCUT2D eigenvalue weighted by Gasteiger charge is 2.13. The summed E-state index contributed by atoms with van der Waals surface area (Å²) in [4.78, 5) is 0.228. The largest absolute Gasteiger partial charge is 0.494 e. The first kappa shape index (κ1) is 23.3. The van der Waals surface area contributed by atoms with Crippen LogP contribution in [-0.2, 0) is 10.0 Å². The molecule has 0 aromatic heterocycles. The molecule has 7 heteroatoms. The van der Waals surface area contributed by atoms with E-state index in [1.807, 2.05) is 31.2 Å². The van der Waals surface area contributed by atoms with Crippen molar-refractivity contribution in [3.8, 4) is 5.75 Å². The van der Waals surface area contributed by atoms with Crippen LogP contribution < -0.4 is 14.9 Å². The molecule has 3 rings (SSSR count). The zero-order valence-electron chi connectivity index (χ0n) is 18.6. The molecule has 0 aliphatic rings. The van der Waals surface area contributed by atoms with E-state index >= 15 is 0 Å². The van der Waals surface area contributed by atoms with Gasteiger partial charge in [-0.25, -0.2) is 8.42 Å². The minimum absolute atomic E-state index is 0.228. The lowest BCUT2D eigenvalue weighted by atomic mass is 10.1. The number of anilines is 2. The van der Waals surface area contributed by atoms with Gasteiger partial charge < -0.3 is 4.74 Å². The number of hydrazone groups is 1. The molecule has 0 aliphatic heterocycles. The first-order chi connectivity index (χ1) is 15.3. The van der Waals surface area contributed by atoms with Gasteiger partial charge in [0, 0.05) is 5.69 Å². The summed E-state index contributed by atoms with van der Waals surface area (Å²) < 4.78 is 33.3. The molecule has 2 N–H and O–H groups in total. The molecule has 0 saturated carbocycles. The number of hydrogen-bond acceptors (Lipinski definition) is 5. The molecular weight excluding hydrogens is 422 g/mol. The minimum Gasteiger partial charge on any atom is -0.494 e. The molecule has 0 fully saturated rings. The van der Waals surface area contributed by atoms with Crippen LogP contribution in [0.1, 0.15) is 31.4 Å². The maximum atomic E-state index is 12.5. The van der Waals surface area contributed by atoms with Gasteiger partial charge in [-0.2, -0.15) is 5.10 Å². The van der Waals surface area contributed by atoms with E-state index in [0.717, 1.165) is 29.0 Å². The Bertz CT molecular complexity index is 1120. The van der Waals surface area contributed by atoms with Crippen molar-refractivity contribution >= 4 is 27.6 Å². The maximum absolute atomic E-state index is 12.5. The number of nitrogens with one attached hydrogen (secondary N) is 2. The van der Waals surface area contributed by atoms with E-state index in [4.69, 9.17) is 4.74 Å². The van der Waals surface area contributed by atoms with Crippen molar-refractivity contribution in [2.45, 2.75) is 32.1 Å². The van der Waals surface area contributed by atoms with Gasteiger partial charge in [-0.05, 0) is 85.5 Å². The van der Waals surface area contributed by atoms with Crippen LogP contribution in [0.2, 0.25) is 0 Å². The van der Waals surface area contributed by atoms with Crippen molar-refractivity contribution in [2.24, 2.45) is 11.0 Å². The summed E-state index contributed by atoms with van der Waals surface area (Å²) in [6.07, 6.45) is 2.74. The molecule has 0 spiro atoms. The quantitative estimate of drug-likeness (QED) is 0.308. The number of rotatable bonds is 10. The molecule has 168 valence electrons. The van der Waals surface area contributed by atoms with E-state index in [9.17, 15) is 8.42 Å². The maximum Gasteiger partial charge on any atom is 0.261 e. The van der Waals surface area contributed by atoms with Crippen molar-refractivity contribution in [2.75, 3.05) is 16.8 Å². The monoisotopic (exact) mass is 451 g/mol. The highest BCUT2D eigenvalue weighted by Crippen LogP contribution is 2.19. The zero-order chi connectivity index (χ0) is 23.0. The van der Waals surface area contributed by atoms with Crippen LogP contribution in [0.25, 0.3) is 0 Å². The van der Waals surface area contributed by atoms with Gasteiger partial charge in [0.15, 0.2) is 0 Å². The average molecular weight is 452 g/mol. The minimum atomic E-state index is -3.62. The normalized spacial score (nSPS) is 11.6. The average Bonchev–Trinajstić information content (AvgIpc) is 2.76. The van der Waals surface area contributed by atoms with Gasteiger partial charge in [-0.1, -0.05) is 31.5 Å². The Morgan fingerprint density at radius 2 is 1.53 bits per heavy atom. The predicted molar refractivity (Wildman–Crippen MR) is 131 cm³/mol. The Labute approximate surface area is 190 Å². The molecule has 0 heterocycles. The molecule has 0 unspecified atom stereocenters. The third kappa shape index (κ3) is 7.13. The topological polar surface area (TPSA) is 79.8 Å². The van der Waals surface area contributed by atoms with Gasteiger partial charge >= 0.3 is 0 Å². The molecule has 32 heavy (non-hydrogen) atoms. The summed E-state index contributed by atoms with van der Waals surface area (Å²) in [5, 5.41) is 4.23. The van der Waals surface area contributed by atoms with Gasteiger partial charge in [-0.3, -0.25) is 10.1 Å². The predicted octanol–water partition coefficient (Wildman–Crippen LogP) is 5.67. The van der Waals surface area contributed by atoms with Crippen LogP contribution in [0.4, 0.5) is 11.4 Å². The molecule has 0 saturated heterocycles. The third-order valence-electron chi connectivity index (χ3n) is 4.72. The van der Waals surface area contributed by atoms with Gasteiger partial charge in [0.05, 0.1) is 23.4 Å². The van der Waals surface area contributed by atoms with Crippen LogP contribution >= 0.6 is 0 Å². The fourth-order valence-corrected chi connectivity index (χ4v) is 3.85. The highest BCUT2D eigenvalue weighted by atomic mass is 32.2. The first-order valence-electron chi connectivity index (χ1n) is 10.5. The second-order valence-electron chi connectivity index (χ2n) is 7.97. The van der Waals surface area contributed by atoms with Crippen molar-refractivity contribution in [1.82, 2.24) is 0 Å². The number of aryl methyl sites for hydroxylation is 1. The molecular formula is C25H29N3O3S. The molecule has 3 aromatic carbocycles. The van der Waals surface area contributed by atoms with Crippen LogP contribution in [0.5, 0.6) is 5.75 Å². The van der Waals surface area contributed by atoms with Gasteiger partial charge in [0.25, 0.3) is 10.0 Å². The summed E-state index contributed by atoms with van der Waals surface area (Å²) in [6.45, 7) is 6.97. The molecule has 0 atom stereocenters. The fourth-order valence-electron chi connectivity index (χ4n) is 2.79. The van der Waals surface area contributed by atoms with Gasteiger partial charge in [0.2, 0.25) is 0 Å². The number of ether oxygens (including phenoxy) is 1. The van der Waals surface area contributed by atoms with Crippen LogP contribution in [0, 0.1) is 12.8 Å². The van der Waals surface area contributed by atoms with Gasteiger partial charge in [0.1, 0.15) is 5.75 Å². The lowest BCUT2D eigenvalue weighted by Gasteiger charge is -2.09. The van der Waals surface area contributed by atoms with E-state index < -0.39 is 10.0 Å². The van der Waals surface area contributed by atoms with Crippen molar-refractivity contribution in [3.05, 3.63) is 83.9 Å². The number of hydrogen-bond donors (Lipinski definition) is 2.